The summed E-state index contributed by atoms with van der Waals surface area (Å²) in [5, 5.41) is 5.91. The number of aryl methyl sites for hydroxylation is 3. The molecule has 0 N–H and O–H groups in total. The van der Waals surface area contributed by atoms with E-state index in [-0.39, 0.29) is 25.4 Å². The van der Waals surface area contributed by atoms with Gasteiger partial charge in [-0.15, -0.1) is 11.3 Å². The van der Waals surface area contributed by atoms with E-state index in [9.17, 15) is 13.2 Å². The van der Waals surface area contributed by atoms with Crippen molar-refractivity contribution in [1.29, 1.82) is 0 Å². The smallest absolute Gasteiger partial charge is 0.243 e. The average molecular weight is 489 g/mol. The number of rotatable bonds is 6. The Morgan fingerprint density at radius 3 is 2.36 bits per heavy atom. The lowest BCUT2D eigenvalue weighted by Gasteiger charge is -2.34. The van der Waals surface area contributed by atoms with E-state index in [4.69, 9.17) is 4.52 Å². The summed E-state index contributed by atoms with van der Waals surface area (Å²) in [7, 11) is -3.63. The summed E-state index contributed by atoms with van der Waals surface area (Å²) >= 11 is 1.53. The Hall–Kier alpha value is -2.56. The van der Waals surface area contributed by atoms with Crippen LogP contribution < -0.4 is 0 Å². The minimum atomic E-state index is -3.63. The largest absolute Gasteiger partial charge is 0.340 e. The van der Waals surface area contributed by atoms with Gasteiger partial charge in [-0.1, -0.05) is 17.3 Å². The molecule has 0 bridgehead atoms. The summed E-state index contributed by atoms with van der Waals surface area (Å²) in [4.78, 5) is 20.1. The molecule has 8 nitrogen and oxygen atoms in total. The van der Waals surface area contributed by atoms with Crippen LogP contribution in [0, 0.1) is 27.7 Å². The molecule has 1 aliphatic rings. The van der Waals surface area contributed by atoms with Crippen molar-refractivity contribution in [3.63, 3.8) is 0 Å². The third kappa shape index (κ3) is 4.73. The molecule has 4 rings (SSSR count). The number of aromatic nitrogens is 2. The first-order valence-electron chi connectivity index (χ1n) is 10.9. The predicted octanol–water partition coefficient (Wildman–Crippen LogP) is 3.50. The SMILES string of the molecule is Cc1cc(C)c(C)c(S(=O)(=O)N2CCN(C(=O)CCc3nc(-c4cccs4)no3)CC2)c1C. The number of piperazine rings is 1. The number of hydrogen-bond acceptors (Lipinski definition) is 7. The van der Waals surface area contributed by atoms with E-state index in [1.807, 2.05) is 51.3 Å². The molecule has 0 aliphatic carbocycles. The molecule has 0 atom stereocenters. The van der Waals surface area contributed by atoms with Crippen molar-refractivity contribution in [2.75, 3.05) is 26.2 Å². The molecule has 1 amide bonds. The van der Waals surface area contributed by atoms with E-state index in [0.717, 1.165) is 27.1 Å². The second kappa shape index (κ2) is 9.36. The van der Waals surface area contributed by atoms with Gasteiger partial charge in [0.05, 0.1) is 9.77 Å². The lowest BCUT2D eigenvalue weighted by molar-refractivity contribution is -0.132. The number of nitrogens with zero attached hydrogens (tertiary/aromatic N) is 4. The van der Waals surface area contributed by atoms with Crippen LogP contribution in [0.5, 0.6) is 0 Å². The Bertz CT molecular complexity index is 1230. The molecule has 176 valence electrons. The number of thiophene rings is 1. The maximum atomic E-state index is 13.4. The monoisotopic (exact) mass is 488 g/mol. The van der Waals surface area contributed by atoms with Crippen molar-refractivity contribution in [1.82, 2.24) is 19.3 Å². The van der Waals surface area contributed by atoms with Crippen LogP contribution in [0.15, 0.2) is 33.0 Å². The molecule has 3 heterocycles. The van der Waals surface area contributed by atoms with Crippen LogP contribution >= 0.6 is 11.3 Å². The standard InChI is InChI=1S/C23H28N4O4S2/c1-15-14-16(2)18(4)22(17(15)3)33(29,30)27-11-9-26(10-12-27)21(28)8-7-20-24-23(25-31-20)19-6-5-13-32-19/h5-6,13-14H,7-12H2,1-4H3. The van der Waals surface area contributed by atoms with E-state index >= 15 is 0 Å². The van der Waals surface area contributed by atoms with Crippen molar-refractivity contribution in [2.24, 2.45) is 0 Å². The van der Waals surface area contributed by atoms with E-state index in [2.05, 4.69) is 10.1 Å². The predicted molar refractivity (Wildman–Crippen MR) is 127 cm³/mol. The van der Waals surface area contributed by atoms with Gasteiger partial charge in [0.2, 0.25) is 27.6 Å². The lowest BCUT2D eigenvalue weighted by Crippen LogP contribution is -2.50. The van der Waals surface area contributed by atoms with Gasteiger partial charge >= 0.3 is 0 Å². The number of hydrogen-bond donors (Lipinski definition) is 0. The van der Waals surface area contributed by atoms with Gasteiger partial charge < -0.3 is 9.42 Å². The molecule has 0 spiro atoms. The highest BCUT2D eigenvalue weighted by atomic mass is 32.2. The minimum absolute atomic E-state index is 0.0401. The van der Waals surface area contributed by atoms with E-state index in [1.54, 1.807) is 4.90 Å². The summed E-state index contributed by atoms with van der Waals surface area (Å²) in [6, 6.07) is 5.86. The maximum absolute atomic E-state index is 13.4. The molecule has 1 saturated heterocycles. The number of amides is 1. The van der Waals surface area contributed by atoms with Crippen molar-refractivity contribution in [3.8, 4) is 10.7 Å². The molecule has 1 fully saturated rings. The minimum Gasteiger partial charge on any atom is -0.340 e. The second-order valence-electron chi connectivity index (χ2n) is 8.36. The Kier molecular flexibility index (Phi) is 6.69. The second-order valence-corrected chi connectivity index (χ2v) is 11.2. The maximum Gasteiger partial charge on any atom is 0.243 e. The lowest BCUT2D eigenvalue weighted by atomic mass is 10.0. The summed E-state index contributed by atoms with van der Waals surface area (Å²) in [5.41, 5.74) is 3.51. The summed E-state index contributed by atoms with van der Waals surface area (Å²) in [6.45, 7) is 8.88. The average Bonchev–Trinajstić information content (AvgIpc) is 3.48. The number of carbonyl (C=O) groups excluding carboxylic acids is 1. The van der Waals surface area contributed by atoms with Crippen LogP contribution in [0.2, 0.25) is 0 Å². The zero-order valence-corrected chi connectivity index (χ0v) is 20.9. The molecule has 33 heavy (non-hydrogen) atoms. The van der Waals surface area contributed by atoms with E-state index in [1.165, 1.54) is 15.6 Å². The molecule has 2 aromatic heterocycles. The molecule has 0 radical (unpaired) electrons. The fourth-order valence-electron chi connectivity index (χ4n) is 4.11. The van der Waals surface area contributed by atoms with Crippen LogP contribution in [0.3, 0.4) is 0 Å². The number of benzene rings is 1. The Balaban J connectivity index is 1.36. The third-order valence-electron chi connectivity index (χ3n) is 6.25. The molecular formula is C23H28N4O4S2. The molecular weight excluding hydrogens is 460 g/mol. The highest BCUT2D eigenvalue weighted by molar-refractivity contribution is 7.89. The summed E-state index contributed by atoms with van der Waals surface area (Å²) in [6.07, 6.45) is 0.602. The molecule has 0 unspecified atom stereocenters. The molecule has 1 aliphatic heterocycles. The first-order valence-corrected chi connectivity index (χ1v) is 13.2. The Morgan fingerprint density at radius 2 is 1.76 bits per heavy atom. The van der Waals surface area contributed by atoms with Gasteiger partial charge in [-0.3, -0.25) is 4.79 Å². The van der Waals surface area contributed by atoms with E-state index < -0.39 is 10.0 Å². The van der Waals surface area contributed by atoms with Crippen LogP contribution in [-0.4, -0.2) is 59.8 Å². The fraction of sp³-hybridized carbons (Fsp3) is 0.435. The zero-order valence-electron chi connectivity index (χ0n) is 19.3. The number of sulfonamides is 1. The van der Waals surface area contributed by atoms with E-state index in [0.29, 0.717) is 36.1 Å². The molecule has 3 aromatic rings. The molecule has 10 heteroatoms. The van der Waals surface area contributed by atoms with Gasteiger partial charge in [0.1, 0.15) is 0 Å². The van der Waals surface area contributed by atoms with Crippen molar-refractivity contribution >= 4 is 27.3 Å². The fourth-order valence-corrected chi connectivity index (χ4v) is 6.76. The normalized spacial score (nSPS) is 15.2. The third-order valence-corrected chi connectivity index (χ3v) is 9.29. The van der Waals surface area contributed by atoms with Crippen molar-refractivity contribution in [3.05, 3.63) is 51.7 Å². The first kappa shape index (κ1) is 23.6. The highest BCUT2D eigenvalue weighted by Gasteiger charge is 2.32. The van der Waals surface area contributed by atoms with Crippen LogP contribution in [0.4, 0.5) is 0 Å². The van der Waals surface area contributed by atoms with Crippen LogP contribution in [-0.2, 0) is 21.2 Å². The highest BCUT2D eigenvalue weighted by Crippen LogP contribution is 2.29. The van der Waals surface area contributed by atoms with Gasteiger partial charge in [0.25, 0.3) is 0 Å². The van der Waals surface area contributed by atoms with Crippen LogP contribution in [0.1, 0.15) is 34.6 Å². The van der Waals surface area contributed by atoms with Crippen molar-refractivity contribution in [2.45, 2.75) is 45.4 Å². The van der Waals surface area contributed by atoms with Crippen LogP contribution in [0.25, 0.3) is 10.7 Å². The number of carbonyl (C=O) groups is 1. The van der Waals surface area contributed by atoms with Gasteiger partial charge in [0, 0.05) is 39.0 Å². The quantitative estimate of drug-likeness (QED) is 0.527. The van der Waals surface area contributed by atoms with Crippen molar-refractivity contribution < 1.29 is 17.7 Å². The molecule has 0 saturated carbocycles. The first-order chi connectivity index (χ1) is 15.7. The summed E-state index contributed by atoms with van der Waals surface area (Å²) in [5.74, 6) is 0.915. The van der Waals surface area contributed by atoms with Gasteiger partial charge in [0.15, 0.2) is 0 Å². The topological polar surface area (TPSA) is 96.6 Å². The van der Waals surface area contributed by atoms with Gasteiger partial charge in [-0.2, -0.15) is 9.29 Å². The summed E-state index contributed by atoms with van der Waals surface area (Å²) < 4.78 is 33.6. The molecule has 1 aromatic carbocycles. The Morgan fingerprint density at radius 1 is 1.09 bits per heavy atom. The Labute approximate surface area is 198 Å². The zero-order chi connectivity index (χ0) is 23.8. The van der Waals surface area contributed by atoms with Gasteiger partial charge in [-0.25, -0.2) is 8.42 Å². The van der Waals surface area contributed by atoms with Gasteiger partial charge in [-0.05, 0) is 61.4 Å².